The van der Waals surface area contributed by atoms with Gasteiger partial charge in [-0.15, -0.1) is 5.11 Å². The first-order valence-electron chi connectivity index (χ1n) is 9.75. The quantitative estimate of drug-likeness (QED) is 0.415. The van der Waals surface area contributed by atoms with Crippen LogP contribution >= 0.6 is 0 Å². The number of hydrogen-bond donors (Lipinski definition) is 0. The fourth-order valence-corrected chi connectivity index (χ4v) is 3.18. The van der Waals surface area contributed by atoms with E-state index in [1.807, 2.05) is 0 Å². The van der Waals surface area contributed by atoms with E-state index in [1.165, 1.54) is 12.3 Å². The molecule has 11 heteroatoms. The first-order chi connectivity index (χ1) is 15.4. The zero-order chi connectivity index (χ0) is 22.6. The van der Waals surface area contributed by atoms with Crippen molar-refractivity contribution in [3.8, 4) is 11.1 Å². The minimum atomic E-state index is -4.42. The van der Waals surface area contributed by atoms with Gasteiger partial charge >= 0.3 is 6.18 Å². The molecule has 2 aromatic heterocycles. The van der Waals surface area contributed by atoms with Crippen LogP contribution in [0.15, 0.2) is 59.0 Å². The SMILES string of the molecule is Fc1cnc(N=NCc2cc(-c3cccc(C(F)(F)F)c3)ccn2)nc1N1CCOCC1. The lowest BCUT2D eigenvalue weighted by Gasteiger charge is -2.27. The van der Waals surface area contributed by atoms with E-state index >= 15 is 0 Å². The van der Waals surface area contributed by atoms with Gasteiger partial charge in [-0.1, -0.05) is 12.1 Å². The monoisotopic (exact) mass is 446 g/mol. The second-order valence-electron chi connectivity index (χ2n) is 6.95. The van der Waals surface area contributed by atoms with E-state index in [0.717, 1.165) is 18.3 Å². The summed E-state index contributed by atoms with van der Waals surface area (Å²) in [7, 11) is 0. The van der Waals surface area contributed by atoms with Crippen LogP contribution in [0.3, 0.4) is 0 Å². The lowest BCUT2D eigenvalue weighted by molar-refractivity contribution is -0.137. The van der Waals surface area contributed by atoms with Crippen molar-refractivity contribution in [2.45, 2.75) is 12.7 Å². The van der Waals surface area contributed by atoms with Gasteiger partial charge in [0.05, 0.1) is 30.7 Å². The number of azo groups is 1. The topological polar surface area (TPSA) is 75.9 Å². The average Bonchev–Trinajstić information content (AvgIpc) is 2.80. The third-order valence-corrected chi connectivity index (χ3v) is 4.76. The van der Waals surface area contributed by atoms with Crippen molar-refractivity contribution < 1.29 is 22.3 Å². The van der Waals surface area contributed by atoms with Crippen LogP contribution in [0.25, 0.3) is 11.1 Å². The molecule has 166 valence electrons. The molecule has 1 fully saturated rings. The van der Waals surface area contributed by atoms with Gasteiger partial charge in [0.1, 0.15) is 6.54 Å². The van der Waals surface area contributed by atoms with Crippen molar-refractivity contribution in [1.29, 1.82) is 0 Å². The Morgan fingerprint density at radius 2 is 1.81 bits per heavy atom. The predicted molar refractivity (Wildman–Crippen MR) is 108 cm³/mol. The number of ether oxygens (including phenoxy) is 1. The molecule has 1 aromatic carbocycles. The maximum atomic E-state index is 14.1. The molecule has 3 aromatic rings. The van der Waals surface area contributed by atoms with Crippen molar-refractivity contribution in [3.63, 3.8) is 0 Å². The predicted octanol–water partition coefficient (Wildman–Crippen LogP) is 4.82. The number of morpholine rings is 1. The molecule has 0 atom stereocenters. The molecule has 1 aliphatic heterocycles. The van der Waals surface area contributed by atoms with Crippen molar-refractivity contribution in [2.24, 2.45) is 10.2 Å². The molecule has 0 radical (unpaired) electrons. The molecule has 32 heavy (non-hydrogen) atoms. The number of aromatic nitrogens is 3. The third-order valence-electron chi connectivity index (χ3n) is 4.76. The number of nitrogens with zero attached hydrogens (tertiary/aromatic N) is 6. The highest BCUT2D eigenvalue weighted by Gasteiger charge is 2.30. The summed E-state index contributed by atoms with van der Waals surface area (Å²) in [5, 5.41) is 7.95. The summed E-state index contributed by atoms with van der Waals surface area (Å²) in [4.78, 5) is 13.9. The molecule has 0 bridgehead atoms. The number of pyridine rings is 1. The zero-order valence-corrected chi connectivity index (χ0v) is 16.8. The van der Waals surface area contributed by atoms with E-state index in [-0.39, 0.29) is 18.3 Å². The van der Waals surface area contributed by atoms with Gasteiger partial charge in [0.25, 0.3) is 5.95 Å². The molecule has 4 rings (SSSR count). The third kappa shape index (κ3) is 5.22. The zero-order valence-electron chi connectivity index (χ0n) is 16.8. The van der Waals surface area contributed by atoms with Gasteiger partial charge in [0, 0.05) is 19.3 Å². The molecule has 0 unspecified atom stereocenters. The van der Waals surface area contributed by atoms with Crippen molar-refractivity contribution >= 4 is 11.8 Å². The number of halogens is 4. The fourth-order valence-electron chi connectivity index (χ4n) is 3.18. The Bertz CT molecular complexity index is 1120. The summed E-state index contributed by atoms with van der Waals surface area (Å²) in [5.41, 5.74) is 0.762. The Morgan fingerprint density at radius 3 is 2.59 bits per heavy atom. The van der Waals surface area contributed by atoms with E-state index in [1.54, 1.807) is 23.1 Å². The summed E-state index contributed by atoms with van der Waals surface area (Å²) in [5.74, 6) is -0.412. The molecule has 0 saturated carbocycles. The molecule has 1 aliphatic rings. The maximum absolute atomic E-state index is 14.1. The summed E-state index contributed by atoms with van der Waals surface area (Å²) in [6.07, 6.45) is -1.89. The van der Waals surface area contributed by atoms with Crippen LogP contribution in [-0.4, -0.2) is 41.3 Å². The van der Waals surface area contributed by atoms with Gasteiger partial charge in [-0.05, 0) is 35.4 Å². The van der Waals surface area contributed by atoms with Crippen molar-refractivity contribution in [2.75, 3.05) is 31.2 Å². The van der Waals surface area contributed by atoms with Crippen LogP contribution in [-0.2, 0) is 17.5 Å². The van der Waals surface area contributed by atoms with Crippen LogP contribution in [0.1, 0.15) is 11.3 Å². The molecular weight excluding hydrogens is 428 g/mol. The highest BCUT2D eigenvalue weighted by atomic mass is 19.4. The Morgan fingerprint density at radius 1 is 1.03 bits per heavy atom. The minimum Gasteiger partial charge on any atom is -0.378 e. The van der Waals surface area contributed by atoms with Crippen LogP contribution in [0, 0.1) is 5.82 Å². The number of anilines is 1. The Kier molecular flexibility index (Phi) is 6.35. The highest BCUT2D eigenvalue weighted by Crippen LogP contribution is 2.32. The van der Waals surface area contributed by atoms with Crippen LogP contribution in [0.5, 0.6) is 0 Å². The van der Waals surface area contributed by atoms with E-state index in [9.17, 15) is 17.6 Å². The number of alkyl halides is 3. The molecule has 0 N–H and O–H groups in total. The average molecular weight is 446 g/mol. The van der Waals surface area contributed by atoms with Crippen LogP contribution in [0.4, 0.5) is 29.3 Å². The lowest BCUT2D eigenvalue weighted by atomic mass is 10.0. The highest BCUT2D eigenvalue weighted by molar-refractivity contribution is 5.64. The molecule has 0 amide bonds. The van der Waals surface area contributed by atoms with Gasteiger partial charge in [0.15, 0.2) is 11.6 Å². The number of hydrogen-bond acceptors (Lipinski definition) is 7. The van der Waals surface area contributed by atoms with Gasteiger partial charge in [-0.25, -0.2) is 9.37 Å². The van der Waals surface area contributed by atoms with Crippen molar-refractivity contribution in [1.82, 2.24) is 15.0 Å². The Balaban J connectivity index is 1.48. The van der Waals surface area contributed by atoms with E-state index in [2.05, 4.69) is 25.2 Å². The minimum absolute atomic E-state index is 0.00178. The summed E-state index contributed by atoms with van der Waals surface area (Å²) in [6.45, 7) is 2.04. The smallest absolute Gasteiger partial charge is 0.378 e. The lowest BCUT2D eigenvalue weighted by Crippen LogP contribution is -2.37. The Labute approximate surface area is 180 Å². The van der Waals surface area contributed by atoms with E-state index in [0.29, 0.717) is 43.1 Å². The van der Waals surface area contributed by atoms with Gasteiger partial charge in [-0.2, -0.15) is 23.3 Å². The molecule has 0 spiro atoms. The first-order valence-corrected chi connectivity index (χ1v) is 9.75. The second-order valence-corrected chi connectivity index (χ2v) is 6.95. The van der Waals surface area contributed by atoms with Gasteiger partial charge in [0.2, 0.25) is 0 Å². The maximum Gasteiger partial charge on any atom is 0.416 e. The standard InChI is InChI=1S/C21H18F4N6O/c22-18-13-27-20(29-19(18)31-6-8-32-9-7-31)30-28-12-17-11-15(4-5-26-17)14-2-1-3-16(10-14)21(23,24)25/h1-5,10-11,13H,6-9,12H2. The van der Waals surface area contributed by atoms with E-state index < -0.39 is 17.6 Å². The summed E-state index contributed by atoms with van der Waals surface area (Å²) in [6, 6.07) is 8.31. The molecular formula is C21H18F4N6O. The number of benzene rings is 1. The largest absolute Gasteiger partial charge is 0.416 e. The van der Waals surface area contributed by atoms with Gasteiger partial charge in [-0.3, -0.25) is 4.98 Å². The van der Waals surface area contributed by atoms with E-state index in [4.69, 9.17) is 4.74 Å². The number of rotatable bonds is 5. The van der Waals surface area contributed by atoms with Crippen molar-refractivity contribution in [3.05, 3.63) is 65.9 Å². The summed E-state index contributed by atoms with van der Waals surface area (Å²) < 4.78 is 58.3. The fraction of sp³-hybridized carbons (Fsp3) is 0.286. The molecule has 3 heterocycles. The molecule has 1 saturated heterocycles. The molecule has 0 aliphatic carbocycles. The van der Waals surface area contributed by atoms with Crippen LogP contribution in [0.2, 0.25) is 0 Å². The Hall–Kier alpha value is -3.47. The first kappa shape index (κ1) is 21.8. The van der Waals surface area contributed by atoms with Crippen LogP contribution < -0.4 is 4.90 Å². The second kappa shape index (κ2) is 9.35. The molecule has 7 nitrogen and oxygen atoms in total. The summed E-state index contributed by atoms with van der Waals surface area (Å²) >= 11 is 0. The van der Waals surface area contributed by atoms with Gasteiger partial charge < -0.3 is 9.64 Å². The normalized spacial score (nSPS) is 14.8.